The molecule has 0 aromatic heterocycles. The standard InChI is InChI=1S/C12H25NO3S/c1-11(2,3)9(13)7-17(15)8-10(14)16-12(4,5)6/h9H,7-8,13H2,1-6H3/t9-,17?/m1/s1. The molecule has 0 aliphatic carbocycles. The van der Waals surface area contributed by atoms with E-state index >= 15 is 0 Å². The van der Waals surface area contributed by atoms with E-state index in [9.17, 15) is 9.35 Å². The maximum Gasteiger partial charge on any atom is 0.356 e. The lowest BCUT2D eigenvalue weighted by molar-refractivity contribution is -0.151. The summed E-state index contributed by atoms with van der Waals surface area (Å²) in [5, 5.41) is 0. The van der Waals surface area contributed by atoms with Crippen molar-refractivity contribution >= 4 is 17.1 Å². The minimum atomic E-state index is -1.26. The fourth-order valence-electron chi connectivity index (χ4n) is 1.01. The summed E-state index contributed by atoms with van der Waals surface area (Å²) >= 11 is -1.26. The van der Waals surface area contributed by atoms with Gasteiger partial charge in [0.1, 0.15) is 11.4 Å². The quantitative estimate of drug-likeness (QED) is 0.615. The Morgan fingerprint density at radius 1 is 1.29 bits per heavy atom. The van der Waals surface area contributed by atoms with E-state index in [0.717, 1.165) is 0 Å². The van der Waals surface area contributed by atoms with Crippen LogP contribution in [0.5, 0.6) is 0 Å². The number of rotatable bonds is 4. The van der Waals surface area contributed by atoms with Gasteiger partial charge in [-0.1, -0.05) is 20.8 Å². The number of carbonyl (C=O) groups is 1. The molecule has 102 valence electrons. The van der Waals surface area contributed by atoms with Crippen LogP contribution in [0, 0.1) is 5.41 Å². The number of nitrogens with two attached hydrogens (primary N) is 1. The van der Waals surface area contributed by atoms with Gasteiger partial charge in [0, 0.05) is 0 Å². The average Bonchev–Trinajstić information content (AvgIpc) is 1.96. The van der Waals surface area contributed by atoms with Crippen molar-refractivity contribution in [1.29, 1.82) is 0 Å². The molecule has 1 unspecified atom stereocenters. The molecule has 5 heteroatoms. The summed E-state index contributed by atoms with van der Waals surface area (Å²) in [5.41, 5.74) is 5.27. The molecule has 0 heterocycles. The van der Waals surface area contributed by atoms with E-state index in [2.05, 4.69) is 0 Å². The fourth-order valence-corrected chi connectivity index (χ4v) is 2.35. The Kier molecular flexibility index (Phi) is 5.98. The third-order valence-corrected chi connectivity index (χ3v) is 3.47. The van der Waals surface area contributed by atoms with Crippen LogP contribution in [-0.4, -0.2) is 33.7 Å². The maximum atomic E-state index is 11.7. The lowest BCUT2D eigenvalue weighted by Gasteiger charge is -2.27. The molecule has 0 amide bonds. The summed E-state index contributed by atoms with van der Waals surface area (Å²) in [6, 6.07) is -0.189. The van der Waals surface area contributed by atoms with Crippen molar-refractivity contribution < 1.29 is 14.1 Å². The zero-order chi connectivity index (χ0) is 13.9. The maximum absolute atomic E-state index is 11.7. The molecule has 4 nitrogen and oxygen atoms in total. The first-order valence-corrected chi connectivity index (χ1v) is 7.23. The molecule has 0 aromatic rings. The predicted octanol–water partition coefficient (Wildman–Crippen LogP) is 1.45. The monoisotopic (exact) mass is 263 g/mol. The molecule has 0 aliphatic heterocycles. The summed E-state index contributed by atoms with van der Waals surface area (Å²) in [5.74, 6) is -0.194. The van der Waals surface area contributed by atoms with Gasteiger partial charge in [0.25, 0.3) is 0 Å². The van der Waals surface area contributed by atoms with E-state index in [0.29, 0.717) is 5.75 Å². The highest BCUT2D eigenvalue weighted by molar-refractivity contribution is 7.92. The Labute approximate surface area is 107 Å². The number of carbonyl (C=O) groups excluding carboxylic acids is 1. The third-order valence-electron chi connectivity index (χ3n) is 2.18. The van der Waals surface area contributed by atoms with Crippen LogP contribution in [0.15, 0.2) is 0 Å². The summed E-state index contributed by atoms with van der Waals surface area (Å²) in [7, 11) is 0. The Morgan fingerprint density at radius 2 is 1.76 bits per heavy atom. The second kappa shape index (κ2) is 6.07. The van der Waals surface area contributed by atoms with E-state index in [1.165, 1.54) is 0 Å². The van der Waals surface area contributed by atoms with Crippen molar-refractivity contribution in [2.45, 2.75) is 53.2 Å². The average molecular weight is 263 g/mol. The van der Waals surface area contributed by atoms with Gasteiger partial charge in [-0.2, -0.15) is 0 Å². The lowest BCUT2D eigenvalue weighted by Crippen LogP contribution is -2.42. The molecule has 0 spiro atoms. The highest BCUT2D eigenvalue weighted by Crippen LogP contribution is 2.19. The summed E-state index contributed by atoms with van der Waals surface area (Å²) in [6.07, 6.45) is 0. The Morgan fingerprint density at radius 3 is 2.12 bits per heavy atom. The molecule has 0 bridgehead atoms. The van der Waals surface area contributed by atoms with Gasteiger partial charge >= 0.3 is 5.97 Å². The first-order chi connectivity index (χ1) is 7.42. The van der Waals surface area contributed by atoms with Crippen LogP contribution >= 0.6 is 0 Å². The highest BCUT2D eigenvalue weighted by atomic mass is 32.2. The first-order valence-electron chi connectivity index (χ1n) is 5.74. The van der Waals surface area contributed by atoms with Crippen molar-refractivity contribution in [2.75, 3.05) is 11.5 Å². The molecule has 0 rings (SSSR count). The lowest BCUT2D eigenvalue weighted by atomic mass is 9.89. The molecule has 0 aromatic carbocycles. The number of hydrogen-bond acceptors (Lipinski definition) is 4. The Balaban J connectivity index is 4.11. The molecule has 0 fully saturated rings. The zero-order valence-electron chi connectivity index (χ0n) is 11.7. The van der Waals surface area contributed by atoms with Crippen molar-refractivity contribution in [3.63, 3.8) is 0 Å². The van der Waals surface area contributed by atoms with Gasteiger partial charge in [-0.25, -0.2) is 4.79 Å². The number of ether oxygens (including phenoxy) is 1. The molecule has 2 atom stereocenters. The van der Waals surface area contributed by atoms with Crippen molar-refractivity contribution in [1.82, 2.24) is 0 Å². The SMILES string of the molecule is CC(C)(C)OC(=O)C[S+]([O-])C[C@@H](N)C(C)(C)C. The first kappa shape index (κ1) is 16.7. The van der Waals surface area contributed by atoms with Gasteiger partial charge in [-0.3, -0.25) is 0 Å². The molecule has 0 radical (unpaired) electrons. The smallest absolute Gasteiger partial charge is 0.356 e. The summed E-state index contributed by atoms with van der Waals surface area (Å²) in [6.45, 7) is 11.3. The van der Waals surface area contributed by atoms with Crippen molar-refractivity contribution in [3.8, 4) is 0 Å². The van der Waals surface area contributed by atoms with E-state index in [1.54, 1.807) is 20.8 Å². The minimum Gasteiger partial charge on any atom is -0.616 e. The van der Waals surface area contributed by atoms with Crippen LogP contribution in [0.1, 0.15) is 41.5 Å². The van der Waals surface area contributed by atoms with E-state index < -0.39 is 22.7 Å². The van der Waals surface area contributed by atoms with E-state index in [-0.39, 0.29) is 17.2 Å². The Hall–Kier alpha value is -0.260. The Bertz CT molecular complexity index is 255. The highest BCUT2D eigenvalue weighted by Gasteiger charge is 2.28. The van der Waals surface area contributed by atoms with Crippen molar-refractivity contribution in [3.05, 3.63) is 0 Å². The fraction of sp³-hybridized carbons (Fsp3) is 0.917. The van der Waals surface area contributed by atoms with Gasteiger partial charge < -0.3 is 15.0 Å². The van der Waals surface area contributed by atoms with Crippen LogP contribution in [0.3, 0.4) is 0 Å². The van der Waals surface area contributed by atoms with Crippen LogP contribution in [0.25, 0.3) is 0 Å². The normalized spacial score (nSPS) is 16.5. The third kappa shape index (κ3) is 8.46. The molecule has 0 aliphatic rings. The van der Waals surface area contributed by atoms with Gasteiger partial charge in [-0.05, 0) is 37.4 Å². The van der Waals surface area contributed by atoms with Gasteiger partial charge in [0.05, 0.1) is 6.04 Å². The van der Waals surface area contributed by atoms with Gasteiger partial charge in [0.15, 0.2) is 0 Å². The molecule has 17 heavy (non-hydrogen) atoms. The second-order valence-electron chi connectivity index (χ2n) is 6.31. The summed E-state index contributed by atoms with van der Waals surface area (Å²) < 4.78 is 16.8. The molecule has 2 N–H and O–H groups in total. The molecular formula is C12H25NO3S. The predicted molar refractivity (Wildman–Crippen MR) is 71.2 cm³/mol. The van der Waals surface area contributed by atoms with Gasteiger partial charge in [-0.15, -0.1) is 0 Å². The van der Waals surface area contributed by atoms with Gasteiger partial charge in [0.2, 0.25) is 5.75 Å². The molecule has 0 saturated carbocycles. The van der Waals surface area contributed by atoms with Crippen molar-refractivity contribution in [2.24, 2.45) is 11.1 Å². The second-order valence-corrected chi connectivity index (χ2v) is 7.81. The summed E-state index contributed by atoms with van der Waals surface area (Å²) in [4.78, 5) is 11.4. The van der Waals surface area contributed by atoms with Crippen LogP contribution < -0.4 is 5.73 Å². The zero-order valence-corrected chi connectivity index (χ0v) is 12.5. The molecular weight excluding hydrogens is 238 g/mol. The van der Waals surface area contributed by atoms with Crippen LogP contribution in [0.2, 0.25) is 0 Å². The minimum absolute atomic E-state index is 0.0823. The largest absolute Gasteiger partial charge is 0.616 e. The number of hydrogen-bond donors (Lipinski definition) is 1. The van der Waals surface area contributed by atoms with Crippen LogP contribution in [-0.2, 0) is 20.7 Å². The van der Waals surface area contributed by atoms with E-state index in [4.69, 9.17) is 10.5 Å². The van der Waals surface area contributed by atoms with Crippen LogP contribution in [0.4, 0.5) is 0 Å². The van der Waals surface area contributed by atoms with E-state index in [1.807, 2.05) is 20.8 Å². The topological polar surface area (TPSA) is 75.4 Å². The molecule has 0 saturated heterocycles. The number of esters is 1.